The summed E-state index contributed by atoms with van der Waals surface area (Å²) in [6.45, 7) is -0.431. The number of benzene rings is 1. The lowest BCUT2D eigenvalue weighted by Crippen LogP contribution is -2.33. The van der Waals surface area contributed by atoms with Gasteiger partial charge in [-0.15, -0.1) is 0 Å². The van der Waals surface area contributed by atoms with Gasteiger partial charge in [-0.05, 0) is 6.07 Å². The van der Waals surface area contributed by atoms with E-state index in [-0.39, 0.29) is 5.69 Å². The number of rotatable bonds is 3. The first-order chi connectivity index (χ1) is 10.0. The Balaban J connectivity index is 2.00. The van der Waals surface area contributed by atoms with Crippen LogP contribution >= 0.6 is 0 Å². The van der Waals surface area contributed by atoms with E-state index < -0.39 is 36.1 Å². The number of aliphatic hydroxyl groups excluding tert-OH is 3. The number of nitro groups is 1. The molecule has 1 saturated heterocycles. The van der Waals surface area contributed by atoms with Crippen LogP contribution in [0.3, 0.4) is 0 Å². The first-order valence-corrected chi connectivity index (χ1v) is 6.27. The maximum atomic E-state index is 10.7. The first kappa shape index (κ1) is 13.9. The van der Waals surface area contributed by atoms with Gasteiger partial charge in [-0.2, -0.15) is 5.10 Å². The Hall–Kier alpha value is -2.07. The Morgan fingerprint density at radius 3 is 2.76 bits per heavy atom. The lowest BCUT2D eigenvalue weighted by Gasteiger charge is -2.16. The molecular formula is C12H13N3O6. The van der Waals surface area contributed by atoms with Crippen LogP contribution in [0.25, 0.3) is 10.9 Å². The van der Waals surface area contributed by atoms with Crippen LogP contribution in [0, 0.1) is 10.1 Å². The van der Waals surface area contributed by atoms with Crippen molar-refractivity contribution in [3.8, 4) is 0 Å². The molecule has 1 aromatic heterocycles. The van der Waals surface area contributed by atoms with Crippen LogP contribution in [0.1, 0.15) is 6.23 Å². The fourth-order valence-electron chi connectivity index (χ4n) is 2.44. The molecule has 0 amide bonds. The molecule has 1 aliphatic rings. The van der Waals surface area contributed by atoms with Gasteiger partial charge in [0.2, 0.25) is 0 Å². The summed E-state index contributed by atoms with van der Waals surface area (Å²) in [6.07, 6.45) is -2.92. The summed E-state index contributed by atoms with van der Waals surface area (Å²) in [4.78, 5) is 10.2. The number of hydrogen-bond donors (Lipinski definition) is 3. The molecule has 2 heterocycles. The standard InChI is InChI=1S/C12H13N3O6/c16-5-9-10(17)11(18)12(21-9)14-8-2-1-7(15(19)20)3-6(8)4-13-14/h1-4,9-12,16-18H,5H2/t9-,10-,11-,12?/m1/s1. The number of hydrogen-bond acceptors (Lipinski definition) is 7. The second kappa shape index (κ2) is 5.04. The van der Waals surface area contributed by atoms with Crippen molar-refractivity contribution in [3.05, 3.63) is 34.5 Å². The average molecular weight is 295 g/mol. The van der Waals surface area contributed by atoms with E-state index in [0.29, 0.717) is 10.9 Å². The van der Waals surface area contributed by atoms with Gasteiger partial charge in [0, 0.05) is 17.5 Å². The van der Waals surface area contributed by atoms with E-state index >= 15 is 0 Å². The lowest BCUT2D eigenvalue weighted by atomic mass is 10.1. The summed E-state index contributed by atoms with van der Waals surface area (Å²) in [5.74, 6) is 0. The van der Waals surface area contributed by atoms with Crippen molar-refractivity contribution in [2.75, 3.05) is 6.61 Å². The molecule has 0 spiro atoms. The number of fused-ring (bicyclic) bond motifs is 1. The molecule has 0 bridgehead atoms. The fraction of sp³-hybridized carbons (Fsp3) is 0.417. The molecule has 3 N–H and O–H groups in total. The lowest BCUT2D eigenvalue weighted by molar-refractivity contribution is -0.384. The van der Waals surface area contributed by atoms with E-state index in [0.717, 1.165) is 0 Å². The van der Waals surface area contributed by atoms with Gasteiger partial charge in [0.15, 0.2) is 6.23 Å². The molecule has 9 heteroatoms. The third-order valence-corrected chi connectivity index (χ3v) is 3.55. The number of ether oxygens (including phenoxy) is 1. The minimum Gasteiger partial charge on any atom is -0.394 e. The number of aromatic nitrogens is 2. The van der Waals surface area contributed by atoms with Gasteiger partial charge < -0.3 is 20.1 Å². The fourth-order valence-corrected chi connectivity index (χ4v) is 2.44. The minimum absolute atomic E-state index is 0.0665. The molecule has 112 valence electrons. The Morgan fingerprint density at radius 2 is 2.14 bits per heavy atom. The van der Waals surface area contributed by atoms with Crippen LogP contribution in [0.2, 0.25) is 0 Å². The largest absolute Gasteiger partial charge is 0.394 e. The zero-order valence-corrected chi connectivity index (χ0v) is 10.7. The van der Waals surface area contributed by atoms with E-state index in [4.69, 9.17) is 9.84 Å². The molecule has 9 nitrogen and oxygen atoms in total. The van der Waals surface area contributed by atoms with E-state index in [1.807, 2.05) is 0 Å². The number of nitro benzene ring substituents is 1. The quantitative estimate of drug-likeness (QED) is 0.516. The molecule has 1 fully saturated rings. The highest BCUT2D eigenvalue weighted by Crippen LogP contribution is 2.32. The summed E-state index contributed by atoms with van der Waals surface area (Å²) in [6, 6.07) is 4.18. The Morgan fingerprint density at radius 1 is 1.38 bits per heavy atom. The maximum Gasteiger partial charge on any atom is 0.270 e. The van der Waals surface area contributed by atoms with Crippen molar-refractivity contribution in [1.82, 2.24) is 9.78 Å². The summed E-state index contributed by atoms with van der Waals surface area (Å²) in [5, 5.41) is 44.1. The summed E-state index contributed by atoms with van der Waals surface area (Å²) in [7, 11) is 0. The molecule has 4 atom stereocenters. The van der Waals surface area contributed by atoms with Crippen molar-refractivity contribution in [2.24, 2.45) is 0 Å². The topological polar surface area (TPSA) is 131 Å². The number of aliphatic hydroxyl groups is 3. The molecule has 0 aliphatic carbocycles. The van der Waals surface area contributed by atoms with Crippen LogP contribution in [0.15, 0.2) is 24.4 Å². The highest BCUT2D eigenvalue weighted by molar-refractivity contribution is 5.81. The Kier molecular flexibility index (Phi) is 3.33. The van der Waals surface area contributed by atoms with Crippen LogP contribution in [0.4, 0.5) is 5.69 Å². The minimum atomic E-state index is -1.25. The van der Waals surface area contributed by atoms with E-state index in [9.17, 15) is 20.3 Å². The van der Waals surface area contributed by atoms with Gasteiger partial charge >= 0.3 is 0 Å². The van der Waals surface area contributed by atoms with Crippen LogP contribution in [0.5, 0.6) is 0 Å². The molecular weight excluding hydrogens is 282 g/mol. The average Bonchev–Trinajstić information content (AvgIpc) is 3.01. The number of nitrogens with zero attached hydrogens (tertiary/aromatic N) is 3. The van der Waals surface area contributed by atoms with Crippen molar-refractivity contribution in [3.63, 3.8) is 0 Å². The molecule has 1 aromatic carbocycles. The van der Waals surface area contributed by atoms with Crippen molar-refractivity contribution >= 4 is 16.6 Å². The third kappa shape index (κ3) is 2.16. The normalized spacial score (nSPS) is 29.1. The second-order valence-corrected chi connectivity index (χ2v) is 4.82. The molecule has 1 unspecified atom stereocenters. The van der Waals surface area contributed by atoms with Gasteiger partial charge in [0.1, 0.15) is 18.3 Å². The van der Waals surface area contributed by atoms with Gasteiger partial charge in [0.25, 0.3) is 5.69 Å². The van der Waals surface area contributed by atoms with Crippen molar-refractivity contribution in [2.45, 2.75) is 24.5 Å². The zero-order chi connectivity index (χ0) is 15.1. The van der Waals surface area contributed by atoms with Gasteiger partial charge in [-0.3, -0.25) is 10.1 Å². The molecule has 1 aliphatic heterocycles. The third-order valence-electron chi connectivity index (χ3n) is 3.55. The Labute approximate surface area is 118 Å². The van der Waals surface area contributed by atoms with E-state index in [2.05, 4.69) is 5.10 Å². The Bertz CT molecular complexity index is 687. The summed E-state index contributed by atoms with van der Waals surface area (Å²) >= 11 is 0. The van der Waals surface area contributed by atoms with E-state index in [1.165, 1.54) is 29.1 Å². The molecule has 0 radical (unpaired) electrons. The highest BCUT2D eigenvalue weighted by Gasteiger charge is 2.44. The second-order valence-electron chi connectivity index (χ2n) is 4.82. The van der Waals surface area contributed by atoms with E-state index in [1.54, 1.807) is 0 Å². The monoisotopic (exact) mass is 295 g/mol. The van der Waals surface area contributed by atoms with Crippen LogP contribution in [-0.2, 0) is 4.74 Å². The first-order valence-electron chi connectivity index (χ1n) is 6.27. The number of non-ortho nitro benzene ring substituents is 1. The van der Waals surface area contributed by atoms with Crippen molar-refractivity contribution < 1.29 is 25.0 Å². The predicted octanol–water partition coefficient (Wildman–Crippen LogP) is -0.444. The smallest absolute Gasteiger partial charge is 0.270 e. The molecule has 3 rings (SSSR count). The van der Waals surface area contributed by atoms with Gasteiger partial charge in [-0.25, -0.2) is 4.68 Å². The zero-order valence-electron chi connectivity index (χ0n) is 10.7. The van der Waals surface area contributed by atoms with Crippen molar-refractivity contribution in [1.29, 1.82) is 0 Å². The predicted molar refractivity (Wildman–Crippen MR) is 69.4 cm³/mol. The SMILES string of the molecule is O=[N+]([O-])c1ccc2c(cnn2C2O[C@H](CO)[C@@H](O)[C@H]2O)c1. The van der Waals surface area contributed by atoms with Crippen LogP contribution in [-0.4, -0.2) is 54.9 Å². The van der Waals surface area contributed by atoms with Gasteiger partial charge in [0.05, 0.1) is 23.2 Å². The molecule has 2 aromatic rings. The summed E-state index contributed by atoms with van der Waals surface area (Å²) in [5.41, 5.74) is 0.457. The van der Waals surface area contributed by atoms with Crippen LogP contribution < -0.4 is 0 Å². The summed E-state index contributed by atoms with van der Waals surface area (Å²) < 4.78 is 6.72. The maximum absolute atomic E-state index is 10.7. The molecule has 0 saturated carbocycles. The molecule has 21 heavy (non-hydrogen) atoms. The van der Waals surface area contributed by atoms with Gasteiger partial charge in [-0.1, -0.05) is 0 Å². The highest BCUT2D eigenvalue weighted by atomic mass is 16.6.